The lowest BCUT2D eigenvalue weighted by molar-refractivity contribution is -0.149. The van der Waals surface area contributed by atoms with Gasteiger partial charge in [-0.2, -0.15) is 5.10 Å². The summed E-state index contributed by atoms with van der Waals surface area (Å²) >= 11 is 0. The third-order valence-electron chi connectivity index (χ3n) is 3.20. The van der Waals surface area contributed by atoms with E-state index in [0.29, 0.717) is 6.42 Å². The Morgan fingerprint density at radius 3 is 2.56 bits per heavy atom. The number of ether oxygens (including phenoxy) is 2. The van der Waals surface area contributed by atoms with Gasteiger partial charge in [0.2, 0.25) is 0 Å². The van der Waals surface area contributed by atoms with Gasteiger partial charge in [-0.25, -0.2) is 0 Å². The van der Waals surface area contributed by atoms with Crippen LogP contribution in [0.1, 0.15) is 17.8 Å². The van der Waals surface area contributed by atoms with Crippen molar-refractivity contribution in [3.63, 3.8) is 0 Å². The van der Waals surface area contributed by atoms with Crippen LogP contribution in [0.15, 0.2) is 0 Å². The molecule has 1 aromatic rings. The molecule has 1 fully saturated rings. The number of aromatic nitrogens is 2. The molecule has 0 amide bonds. The van der Waals surface area contributed by atoms with Crippen LogP contribution in [0.5, 0.6) is 5.75 Å². The molecule has 0 aromatic carbocycles. The molecule has 3 atom stereocenters. The van der Waals surface area contributed by atoms with Gasteiger partial charge >= 0.3 is 0 Å². The molecule has 1 aliphatic carbocycles. The van der Waals surface area contributed by atoms with Crippen molar-refractivity contribution in [1.29, 1.82) is 0 Å². The monoisotopic (exact) mass is 226 g/mol. The molecule has 1 aliphatic rings. The number of methoxy groups -OCH3 is 1. The van der Waals surface area contributed by atoms with Gasteiger partial charge in [0.05, 0.1) is 11.8 Å². The van der Waals surface area contributed by atoms with E-state index in [4.69, 9.17) is 9.47 Å². The highest BCUT2D eigenvalue weighted by Gasteiger charge is 2.42. The van der Waals surface area contributed by atoms with Gasteiger partial charge in [-0.1, -0.05) is 0 Å². The van der Waals surface area contributed by atoms with Crippen LogP contribution in [-0.4, -0.2) is 40.3 Å². The zero-order valence-corrected chi connectivity index (χ0v) is 10.1. The normalized spacial score (nSPS) is 28.9. The summed E-state index contributed by atoms with van der Waals surface area (Å²) in [6.07, 6.45) is -0.0837. The van der Waals surface area contributed by atoms with E-state index >= 15 is 0 Å². The number of aliphatic hydroxyl groups excluding tert-OH is 1. The predicted octanol–water partition coefficient (Wildman–Crippen LogP) is 0.564. The number of hydrogen-bond acceptors (Lipinski definition) is 4. The molecule has 2 rings (SSSR count). The number of rotatable bonds is 3. The van der Waals surface area contributed by atoms with Crippen molar-refractivity contribution in [3.05, 3.63) is 11.4 Å². The molecule has 0 bridgehead atoms. The Balaban J connectivity index is 2.10. The average Bonchev–Trinajstić information content (AvgIpc) is 2.44. The SMILES string of the molecule is COC1C(O)CC1Oc1c(C)nn(C)c1C. The van der Waals surface area contributed by atoms with Gasteiger partial charge in [0.1, 0.15) is 17.9 Å². The molecule has 16 heavy (non-hydrogen) atoms. The second-order valence-corrected chi connectivity index (χ2v) is 4.28. The van der Waals surface area contributed by atoms with E-state index in [1.165, 1.54) is 0 Å². The lowest BCUT2D eigenvalue weighted by Crippen LogP contribution is -2.54. The van der Waals surface area contributed by atoms with Crippen LogP contribution in [0.25, 0.3) is 0 Å². The molecule has 0 spiro atoms. The Bertz CT molecular complexity index is 389. The molecule has 1 aromatic heterocycles. The first-order chi connectivity index (χ1) is 7.54. The molecule has 3 unspecified atom stereocenters. The van der Waals surface area contributed by atoms with Gasteiger partial charge in [-0.15, -0.1) is 0 Å². The first-order valence-corrected chi connectivity index (χ1v) is 5.42. The number of aliphatic hydroxyl groups is 1. The lowest BCUT2D eigenvalue weighted by Gasteiger charge is -2.39. The van der Waals surface area contributed by atoms with Crippen molar-refractivity contribution >= 4 is 0 Å². The third kappa shape index (κ3) is 1.70. The van der Waals surface area contributed by atoms with E-state index in [0.717, 1.165) is 17.1 Å². The zero-order valence-electron chi connectivity index (χ0n) is 10.1. The van der Waals surface area contributed by atoms with Gasteiger partial charge in [0.25, 0.3) is 0 Å². The fourth-order valence-electron chi connectivity index (χ4n) is 2.06. The maximum atomic E-state index is 9.47. The van der Waals surface area contributed by atoms with Gasteiger partial charge in [-0.3, -0.25) is 4.68 Å². The second kappa shape index (κ2) is 4.07. The van der Waals surface area contributed by atoms with Crippen LogP contribution in [0.3, 0.4) is 0 Å². The summed E-state index contributed by atoms with van der Waals surface area (Å²) in [5.41, 5.74) is 1.87. The summed E-state index contributed by atoms with van der Waals surface area (Å²) < 4.78 is 12.8. The van der Waals surface area contributed by atoms with Crippen LogP contribution in [-0.2, 0) is 11.8 Å². The molecule has 1 N–H and O–H groups in total. The van der Waals surface area contributed by atoms with Crippen molar-refractivity contribution in [3.8, 4) is 5.75 Å². The molecule has 90 valence electrons. The number of aryl methyl sites for hydroxylation is 2. The molecular weight excluding hydrogens is 208 g/mol. The summed E-state index contributed by atoms with van der Waals surface area (Å²) in [5.74, 6) is 0.807. The quantitative estimate of drug-likeness (QED) is 0.818. The topological polar surface area (TPSA) is 56.5 Å². The lowest BCUT2D eigenvalue weighted by atomic mass is 9.88. The van der Waals surface area contributed by atoms with E-state index in [9.17, 15) is 5.11 Å². The number of nitrogens with zero attached hydrogens (tertiary/aromatic N) is 2. The maximum absolute atomic E-state index is 9.47. The van der Waals surface area contributed by atoms with Crippen molar-refractivity contribution in [2.24, 2.45) is 7.05 Å². The summed E-state index contributed by atoms with van der Waals surface area (Å²) in [5, 5.41) is 13.8. The first-order valence-electron chi connectivity index (χ1n) is 5.42. The highest BCUT2D eigenvalue weighted by atomic mass is 16.6. The highest BCUT2D eigenvalue weighted by Crippen LogP contribution is 2.31. The predicted molar refractivity (Wildman–Crippen MR) is 58.5 cm³/mol. The van der Waals surface area contributed by atoms with Gasteiger partial charge < -0.3 is 14.6 Å². The van der Waals surface area contributed by atoms with Crippen LogP contribution >= 0.6 is 0 Å². The Kier molecular flexibility index (Phi) is 2.90. The van der Waals surface area contributed by atoms with Crippen molar-refractivity contribution in [2.75, 3.05) is 7.11 Å². The fourth-order valence-corrected chi connectivity index (χ4v) is 2.06. The Hall–Kier alpha value is -1.07. The molecule has 1 heterocycles. The van der Waals surface area contributed by atoms with E-state index in [2.05, 4.69) is 5.10 Å². The highest BCUT2D eigenvalue weighted by molar-refractivity contribution is 5.32. The second-order valence-electron chi connectivity index (χ2n) is 4.28. The molecule has 0 aliphatic heterocycles. The van der Waals surface area contributed by atoms with Gasteiger partial charge in [0, 0.05) is 20.6 Å². The van der Waals surface area contributed by atoms with E-state index in [1.54, 1.807) is 11.8 Å². The maximum Gasteiger partial charge on any atom is 0.163 e. The molecule has 1 saturated carbocycles. The Morgan fingerprint density at radius 2 is 2.12 bits per heavy atom. The van der Waals surface area contributed by atoms with Crippen molar-refractivity contribution < 1.29 is 14.6 Å². The smallest absolute Gasteiger partial charge is 0.163 e. The standard InChI is InChI=1S/C11H18N2O3/c1-6-10(7(2)13(3)12-6)16-9-5-8(14)11(9)15-4/h8-9,11,14H,5H2,1-4H3. The minimum atomic E-state index is -0.410. The van der Waals surface area contributed by atoms with Gasteiger partial charge in [-0.05, 0) is 13.8 Å². The molecule has 0 saturated heterocycles. The molecule has 5 nitrogen and oxygen atoms in total. The average molecular weight is 226 g/mol. The number of hydrogen-bond donors (Lipinski definition) is 1. The summed E-state index contributed by atoms with van der Waals surface area (Å²) in [6.45, 7) is 3.88. The summed E-state index contributed by atoms with van der Waals surface area (Å²) in [7, 11) is 3.48. The van der Waals surface area contributed by atoms with E-state index in [-0.39, 0.29) is 12.2 Å². The van der Waals surface area contributed by atoms with Crippen LogP contribution < -0.4 is 4.74 Å². The summed E-state index contributed by atoms with van der Waals surface area (Å²) in [6, 6.07) is 0. The van der Waals surface area contributed by atoms with Crippen molar-refractivity contribution in [2.45, 2.75) is 38.6 Å². The van der Waals surface area contributed by atoms with Gasteiger partial charge in [0.15, 0.2) is 5.75 Å². The van der Waals surface area contributed by atoms with Crippen LogP contribution in [0.2, 0.25) is 0 Å². The van der Waals surface area contributed by atoms with Crippen LogP contribution in [0.4, 0.5) is 0 Å². The van der Waals surface area contributed by atoms with Crippen LogP contribution in [0, 0.1) is 13.8 Å². The zero-order chi connectivity index (χ0) is 11.9. The third-order valence-corrected chi connectivity index (χ3v) is 3.20. The molecule has 0 radical (unpaired) electrons. The first kappa shape index (κ1) is 11.4. The van der Waals surface area contributed by atoms with Crippen molar-refractivity contribution in [1.82, 2.24) is 9.78 Å². The molecule has 5 heteroatoms. The summed E-state index contributed by atoms with van der Waals surface area (Å²) in [4.78, 5) is 0. The Morgan fingerprint density at radius 1 is 1.44 bits per heavy atom. The minimum absolute atomic E-state index is 0.0680. The Labute approximate surface area is 95.0 Å². The largest absolute Gasteiger partial charge is 0.484 e. The van der Waals surface area contributed by atoms with E-state index < -0.39 is 6.10 Å². The fraction of sp³-hybridized carbons (Fsp3) is 0.727. The van der Waals surface area contributed by atoms with E-state index in [1.807, 2.05) is 20.9 Å². The minimum Gasteiger partial charge on any atom is -0.484 e. The molecular formula is C11H18N2O3.